The minimum atomic E-state index is -1.16. The van der Waals surface area contributed by atoms with Gasteiger partial charge in [0.05, 0.1) is 22.3 Å². The summed E-state index contributed by atoms with van der Waals surface area (Å²) in [6, 6.07) is 28.9. The molecule has 2 N–H and O–H groups in total. The first-order valence-corrected chi connectivity index (χ1v) is 10.6. The Morgan fingerprint density at radius 3 is 1.00 bits per heavy atom. The van der Waals surface area contributed by atoms with Gasteiger partial charge in [-0.15, -0.1) is 0 Å². The number of para-hydroxylation sites is 2. The predicted octanol–water partition coefficient (Wildman–Crippen LogP) is 5.21. The second-order valence-electron chi connectivity index (χ2n) is 7.11. The van der Waals surface area contributed by atoms with Crippen molar-refractivity contribution in [2.45, 2.75) is 0 Å². The summed E-state index contributed by atoms with van der Waals surface area (Å²) in [5.74, 6) is -2.92. The number of rotatable bonds is 6. The first kappa shape index (κ1) is 25.4. The highest BCUT2D eigenvalue weighted by molar-refractivity contribution is 6.03. The molecule has 4 rings (SSSR count). The van der Waals surface area contributed by atoms with Crippen LogP contribution in [0.1, 0.15) is 41.4 Å². The van der Waals surface area contributed by atoms with Gasteiger partial charge in [0.25, 0.3) is 0 Å². The molecule has 0 aliphatic carbocycles. The van der Waals surface area contributed by atoms with Crippen LogP contribution < -0.4 is 9.47 Å². The molecule has 8 heteroatoms. The standard InChI is InChI=1S/2C14H10O4/c2*15-13(16)11-8-4-5-9-12(11)14(17)18-10-6-2-1-3-7-10/h2*1-9H,(H,15,16). The maximum atomic E-state index is 11.9. The van der Waals surface area contributed by atoms with Gasteiger partial charge in [-0.2, -0.15) is 0 Å². The van der Waals surface area contributed by atoms with Crippen molar-refractivity contribution in [1.29, 1.82) is 0 Å². The van der Waals surface area contributed by atoms with Crippen molar-refractivity contribution in [2.75, 3.05) is 0 Å². The summed E-state index contributed by atoms with van der Waals surface area (Å²) in [4.78, 5) is 45.6. The number of aromatic carboxylic acids is 2. The summed E-state index contributed by atoms with van der Waals surface area (Å²) < 4.78 is 10.2. The van der Waals surface area contributed by atoms with Crippen LogP contribution in [0.3, 0.4) is 0 Å². The summed E-state index contributed by atoms with van der Waals surface area (Å²) in [5, 5.41) is 17.9. The van der Waals surface area contributed by atoms with Crippen molar-refractivity contribution < 1.29 is 38.9 Å². The molecular formula is C28H20O8. The van der Waals surface area contributed by atoms with Crippen LogP contribution in [0.25, 0.3) is 0 Å². The van der Waals surface area contributed by atoms with Crippen LogP contribution in [0.2, 0.25) is 0 Å². The second-order valence-corrected chi connectivity index (χ2v) is 7.11. The molecule has 0 amide bonds. The fourth-order valence-corrected chi connectivity index (χ4v) is 3.00. The zero-order chi connectivity index (χ0) is 25.9. The maximum absolute atomic E-state index is 11.9. The highest BCUT2D eigenvalue weighted by Gasteiger charge is 2.18. The Labute approximate surface area is 206 Å². The Balaban J connectivity index is 0.000000201. The van der Waals surface area contributed by atoms with E-state index in [2.05, 4.69) is 0 Å². The van der Waals surface area contributed by atoms with Crippen molar-refractivity contribution >= 4 is 23.9 Å². The number of carboxylic acids is 2. The molecule has 0 fully saturated rings. The molecule has 8 nitrogen and oxygen atoms in total. The molecule has 0 radical (unpaired) electrons. The highest BCUT2D eigenvalue weighted by atomic mass is 16.5. The predicted molar refractivity (Wildman–Crippen MR) is 130 cm³/mol. The molecule has 0 spiro atoms. The number of carbonyl (C=O) groups excluding carboxylic acids is 2. The lowest BCUT2D eigenvalue weighted by molar-refractivity contribution is 0.0666. The van der Waals surface area contributed by atoms with E-state index in [4.69, 9.17) is 19.7 Å². The van der Waals surface area contributed by atoms with Gasteiger partial charge < -0.3 is 19.7 Å². The van der Waals surface area contributed by atoms with E-state index in [9.17, 15) is 19.2 Å². The lowest BCUT2D eigenvalue weighted by atomic mass is 10.1. The molecule has 0 saturated carbocycles. The van der Waals surface area contributed by atoms with Crippen molar-refractivity contribution in [1.82, 2.24) is 0 Å². The fraction of sp³-hybridized carbons (Fsp3) is 0. The number of carboxylic acid groups (broad SMARTS) is 2. The van der Waals surface area contributed by atoms with Gasteiger partial charge in [-0.25, -0.2) is 19.2 Å². The Morgan fingerprint density at radius 1 is 0.417 bits per heavy atom. The number of hydrogen-bond acceptors (Lipinski definition) is 6. The minimum absolute atomic E-state index is 0.0360. The van der Waals surface area contributed by atoms with E-state index in [0.717, 1.165) is 0 Å². The van der Waals surface area contributed by atoms with E-state index >= 15 is 0 Å². The molecule has 0 atom stereocenters. The van der Waals surface area contributed by atoms with Gasteiger partial charge in [-0.3, -0.25) is 0 Å². The Kier molecular flexibility index (Phi) is 8.66. The lowest BCUT2D eigenvalue weighted by Gasteiger charge is -2.06. The van der Waals surface area contributed by atoms with E-state index in [1.165, 1.54) is 24.3 Å². The molecule has 0 bridgehead atoms. The molecule has 4 aromatic carbocycles. The Morgan fingerprint density at radius 2 is 0.694 bits per heavy atom. The first-order valence-electron chi connectivity index (χ1n) is 10.6. The van der Waals surface area contributed by atoms with E-state index in [1.54, 1.807) is 84.9 Å². The van der Waals surface area contributed by atoms with Crippen LogP contribution >= 0.6 is 0 Å². The SMILES string of the molecule is O=C(O)c1ccccc1C(=O)Oc1ccccc1.O=C(O)c1ccccc1C(=O)Oc1ccccc1. The average Bonchev–Trinajstić information content (AvgIpc) is 2.90. The maximum Gasteiger partial charge on any atom is 0.344 e. The number of carbonyl (C=O) groups is 4. The minimum Gasteiger partial charge on any atom is -0.478 e. The highest BCUT2D eigenvalue weighted by Crippen LogP contribution is 2.16. The van der Waals surface area contributed by atoms with Gasteiger partial charge in [0, 0.05) is 0 Å². The Bertz CT molecular complexity index is 1260. The lowest BCUT2D eigenvalue weighted by Crippen LogP contribution is -2.13. The largest absolute Gasteiger partial charge is 0.478 e. The van der Waals surface area contributed by atoms with Crippen molar-refractivity contribution in [3.05, 3.63) is 131 Å². The molecule has 4 aromatic rings. The van der Waals surface area contributed by atoms with Crippen LogP contribution in [0.4, 0.5) is 0 Å². The van der Waals surface area contributed by atoms with Gasteiger partial charge in [0.2, 0.25) is 0 Å². The summed E-state index contributed by atoms with van der Waals surface area (Å²) >= 11 is 0. The number of hydrogen-bond donors (Lipinski definition) is 2. The van der Waals surface area contributed by atoms with Gasteiger partial charge in [-0.05, 0) is 48.5 Å². The summed E-state index contributed by atoms with van der Waals surface area (Å²) in [6.07, 6.45) is 0. The van der Waals surface area contributed by atoms with Crippen LogP contribution in [-0.2, 0) is 0 Å². The third-order valence-corrected chi connectivity index (χ3v) is 4.66. The number of ether oxygens (including phenoxy) is 2. The molecular weight excluding hydrogens is 464 g/mol. The molecule has 0 unspecified atom stereocenters. The third-order valence-electron chi connectivity index (χ3n) is 4.66. The zero-order valence-electron chi connectivity index (χ0n) is 18.7. The number of benzene rings is 4. The smallest absolute Gasteiger partial charge is 0.344 e. The molecule has 180 valence electrons. The number of esters is 2. The Hall–Kier alpha value is -5.24. The monoisotopic (exact) mass is 484 g/mol. The van der Waals surface area contributed by atoms with E-state index < -0.39 is 23.9 Å². The average molecular weight is 484 g/mol. The van der Waals surface area contributed by atoms with Crippen LogP contribution in [0, 0.1) is 0 Å². The van der Waals surface area contributed by atoms with E-state index in [-0.39, 0.29) is 22.3 Å². The molecule has 0 aromatic heterocycles. The van der Waals surface area contributed by atoms with Gasteiger partial charge in [-0.1, -0.05) is 60.7 Å². The fourth-order valence-electron chi connectivity index (χ4n) is 3.00. The topological polar surface area (TPSA) is 127 Å². The molecule has 0 heterocycles. The quantitative estimate of drug-likeness (QED) is 0.282. The molecule has 0 aliphatic heterocycles. The van der Waals surface area contributed by atoms with Crippen LogP contribution in [-0.4, -0.2) is 34.1 Å². The second kappa shape index (κ2) is 12.3. The van der Waals surface area contributed by atoms with Gasteiger partial charge >= 0.3 is 23.9 Å². The summed E-state index contributed by atoms with van der Waals surface area (Å²) in [7, 11) is 0. The molecule has 0 saturated heterocycles. The first-order chi connectivity index (χ1) is 17.4. The van der Waals surface area contributed by atoms with Gasteiger partial charge in [0.1, 0.15) is 11.5 Å². The summed E-state index contributed by atoms with van der Waals surface area (Å²) in [5.41, 5.74) is -0.0698. The molecule has 0 aliphatic rings. The molecule has 36 heavy (non-hydrogen) atoms. The zero-order valence-corrected chi connectivity index (χ0v) is 18.7. The van der Waals surface area contributed by atoms with Crippen LogP contribution in [0.15, 0.2) is 109 Å². The van der Waals surface area contributed by atoms with Crippen molar-refractivity contribution in [2.24, 2.45) is 0 Å². The van der Waals surface area contributed by atoms with Gasteiger partial charge in [0.15, 0.2) is 0 Å². The third kappa shape index (κ3) is 6.88. The van der Waals surface area contributed by atoms with Crippen molar-refractivity contribution in [3.63, 3.8) is 0 Å². The van der Waals surface area contributed by atoms with E-state index in [0.29, 0.717) is 11.5 Å². The summed E-state index contributed by atoms with van der Waals surface area (Å²) in [6.45, 7) is 0. The van der Waals surface area contributed by atoms with Crippen molar-refractivity contribution in [3.8, 4) is 11.5 Å². The van der Waals surface area contributed by atoms with E-state index in [1.807, 2.05) is 0 Å². The van der Waals surface area contributed by atoms with Crippen LogP contribution in [0.5, 0.6) is 11.5 Å². The normalized spacial score (nSPS) is 9.78.